The molecule has 1 unspecified atom stereocenters. The van der Waals surface area contributed by atoms with Crippen molar-refractivity contribution in [3.05, 3.63) is 0 Å². The first kappa shape index (κ1) is 14.1. The van der Waals surface area contributed by atoms with Gasteiger partial charge in [-0.25, -0.2) is 0 Å². The lowest BCUT2D eigenvalue weighted by Crippen LogP contribution is -2.45. The number of hydrogen-bond donors (Lipinski definition) is 0. The molecule has 0 radical (unpaired) electrons. The van der Waals surface area contributed by atoms with Gasteiger partial charge >= 0.3 is 8.80 Å². The van der Waals surface area contributed by atoms with Crippen LogP contribution in [-0.2, 0) is 13.3 Å². The summed E-state index contributed by atoms with van der Waals surface area (Å²) in [6, 6.07) is 0. The molecule has 0 saturated carbocycles. The van der Waals surface area contributed by atoms with Gasteiger partial charge < -0.3 is 13.3 Å². The molecule has 1 atom stereocenters. The molecule has 0 amide bonds. The van der Waals surface area contributed by atoms with Gasteiger partial charge in [0.2, 0.25) is 0 Å². The SMILES string of the molecule is CCCC(C)O[Si](C)(OCC)OCC. The van der Waals surface area contributed by atoms with Crippen molar-refractivity contribution in [2.24, 2.45) is 0 Å². The molecule has 0 heterocycles. The van der Waals surface area contributed by atoms with Crippen LogP contribution in [0.5, 0.6) is 0 Å². The molecule has 0 saturated heterocycles. The van der Waals surface area contributed by atoms with Gasteiger partial charge in [-0.1, -0.05) is 13.3 Å². The van der Waals surface area contributed by atoms with E-state index in [-0.39, 0.29) is 6.10 Å². The van der Waals surface area contributed by atoms with E-state index < -0.39 is 8.80 Å². The van der Waals surface area contributed by atoms with Crippen LogP contribution in [0.1, 0.15) is 40.5 Å². The molecule has 0 aromatic heterocycles. The second kappa shape index (κ2) is 7.40. The fraction of sp³-hybridized carbons (Fsp3) is 1.00. The molecule has 4 heteroatoms. The lowest BCUT2D eigenvalue weighted by atomic mass is 10.2. The van der Waals surface area contributed by atoms with Crippen LogP contribution in [0, 0.1) is 0 Å². The van der Waals surface area contributed by atoms with Crippen molar-refractivity contribution in [1.82, 2.24) is 0 Å². The van der Waals surface area contributed by atoms with Crippen molar-refractivity contribution >= 4 is 8.80 Å². The Hall–Kier alpha value is 0.0969. The molecular formula is C10H24O3Si. The first-order chi connectivity index (χ1) is 6.58. The lowest BCUT2D eigenvalue weighted by Gasteiger charge is -2.28. The Labute approximate surface area is 89.1 Å². The molecular weight excluding hydrogens is 196 g/mol. The Morgan fingerprint density at radius 2 is 1.57 bits per heavy atom. The predicted molar refractivity (Wildman–Crippen MR) is 60.3 cm³/mol. The van der Waals surface area contributed by atoms with Crippen molar-refractivity contribution in [3.63, 3.8) is 0 Å². The van der Waals surface area contributed by atoms with E-state index >= 15 is 0 Å². The van der Waals surface area contributed by atoms with Crippen molar-refractivity contribution in [1.29, 1.82) is 0 Å². The predicted octanol–water partition coefficient (Wildman–Crippen LogP) is 2.83. The van der Waals surface area contributed by atoms with Crippen LogP contribution in [0.4, 0.5) is 0 Å². The molecule has 14 heavy (non-hydrogen) atoms. The van der Waals surface area contributed by atoms with Crippen molar-refractivity contribution in [3.8, 4) is 0 Å². The fourth-order valence-corrected chi connectivity index (χ4v) is 3.58. The van der Waals surface area contributed by atoms with E-state index in [0.29, 0.717) is 13.2 Å². The zero-order valence-electron chi connectivity index (χ0n) is 10.1. The third-order valence-corrected chi connectivity index (χ3v) is 4.38. The Bertz CT molecular complexity index is 135. The molecule has 0 aliphatic heterocycles. The maximum absolute atomic E-state index is 5.85. The van der Waals surface area contributed by atoms with E-state index in [1.165, 1.54) is 0 Å². The number of rotatable bonds is 8. The maximum atomic E-state index is 5.85. The molecule has 0 aliphatic rings. The Morgan fingerprint density at radius 3 is 1.93 bits per heavy atom. The molecule has 3 nitrogen and oxygen atoms in total. The van der Waals surface area contributed by atoms with E-state index in [9.17, 15) is 0 Å². The third-order valence-electron chi connectivity index (χ3n) is 1.92. The van der Waals surface area contributed by atoms with Crippen molar-refractivity contribution < 1.29 is 13.3 Å². The molecule has 0 N–H and O–H groups in total. The Balaban J connectivity index is 4.05. The topological polar surface area (TPSA) is 27.7 Å². The lowest BCUT2D eigenvalue weighted by molar-refractivity contribution is 0.0414. The van der Waals surface area contributed by atoms with Gasteiger partial charge in [-0.15, -0.1) is 0 Å². The van der Waals surface area contributed by atoms with Crippen LogP contribution in [0.3, 0.4) is 0 Å². The average Bonchev–Trinajstić information content (AvgIpc) is 2.04. The molecule has 0 aromatic carbocycles. The molecule has 0 spiro atoms. The van der Waals surface area contributed by atoms with Gasteiger partial charge in [-0.05, 0) is 27.2 Å². The van der Waals surface area contributed by atoms with Crippen LogP contribution in [0.15, 0.2) is 0 Å². The van der Waals surface area contributed by atoms with Gasteiger partial charge in [0, 0.05) is 25.9 Å². The molecule has 0 aliphatic carbocycles. The van der Waals surface area contributed by atoms with Crippen LogP contribution in [-0.4, -0.2) is 28.1 Å². The highest BCUT2D eigenvalue weighted by Gasteiger charge is 2.35. The average molecular weight is 220 g/mol. The summed E-state index contributed by atoms with van der Waals surface area (Å²) in [5.41, 5.74) is 0. The van der Waals surface area contributed by atoms with Crippen LogP contribution in [0.25, 0.3) is 0 Å². The standard InChI is InChI=1S/C10H24O3Si/c1-6-9-10(4)13-14(5,11-7-2)12-8-3/h10H,6-9H2,1-5H3. The molecule has 0 rings (SSSR count). The molecule has 0 aromatic rings. The largest absolute Gasteiger partial charge is 0.497 e. The molecule has 86 valence electrons. The minimum Gasteiger partial charge on any atom is -0.374 e. The second-order valence-corrected chi connectivity index (χ2v) is 5.98. The molecule has 0 bridgehead atoms. The van der Waals surface area contributed by atoms with Gasteiger partial charge in [0.05, 0.1) is 0 Å². The first-order valence-corrected chi connectivity index (χ1v) is 7.76. The van der Waals surface area contributed by atoms with E-state index in [4.69, 9.17) is 13.3 Å². The summed E-state index contributed by atoms with van der Waals surface area (Å²) in [4.78, 5) is 0. The molecule has 0 fully saturated rings. The quantitative estimate of drug-likeness (QED) is 0.589. The maximum Gasteiger partial charge on any atom is 0.497 e. The summed E-state index contributed by atoms with van der Waals surface area (Å²) < 4.78 is 17.0. The zero-order chi connectivity index (χ0) is 11.0. The van der Waals surface area contributed by atoms with Crippen molar-refractivity contribution in [2.75, 3.05) is 13.2 Å². The second-order valence-electron chi connectivity index (χ2n) is 3.45. The van der Waals surface area contributed by atoms with E-state index in [0.717, 1.165) is 12.8 Å². The van der Waals surface area contributed by atoms with Crippen LogP contribution >= 0.6 is 0 Å². The van der Waals surface area contributed by atoms with Gasteiger partial charge in [-0.3, -0.25) is 0 Å². The van der Waals surface area contributed by atoms with Crippen molar-refractivity contribution in [2.45, 2.75) is 53.2 Å². The van der Waals surface area contributed by atoms with Gasteiger partial charge in [0.1, 0.15) is 0 Å². The van der Waals surface area contributed by atoms with Crippen LogP contribution < -0.4 is 0 Å². The Morgan fingerprint density at radius 1 is 1.07 bits per heavy atom. The van der Waals surface area contributed by atoms with E-state index in [1.54, 1.807) is 0 Å². The summed E-state index contributed by atoms with van der Waals surface area (Å²) in [6.07, 6.45) is 2.42. The monoisotopic (exact) mass is 220 g/mol. The summed E-state index contributed by atoms with van der Waals surface area (Å²) in [5.74, 6) is 0. The van der Waals surface area contributed by atoms with Gasteiger partial charge in [0.25, 0.3) is 0 Å². The van der Waals surface area contributed by atoms with Crippen LogP contribution in [0.2, 0.25) is 6.55 Å². The number of hydrogen-bond acceptors (Lipinski definition) is 3. The fourth-order valence-electron chi connectivity index (χ4n) is 1.46. The minimum atomic E-state index is -2.35. The Kier molecular flexibility index (Phi) is 7.45. The van der Waals surface area contributed by atoms with E-state index in [1.807, 2.05) is 20.4 Å². The highest BCUT2D eigenvalue weighted by Crippen LogP contribution is 2.14. The summed E-state index contributed by atoms with van der Waals surface area (Å²) in [6.45, 7) is 11.4. The third kappa shape index (κ3) is 5.75. The van der Waals surface area contributed by atoms with Gasteiger partial charge in [0.15, 0.2) is 0 Å². The summed E-state index contributed by atoms with van der Waals surface area (Å²) in [5, 5.41) is 0. The zero-order valence-corrected chi connectivity index (χ0v) is 11.1. The minimum absolute atomic E-state index is 0.231. The highest BCUT2D eigenvalue weighted by molar-refractivity contribution is 6.59. The normalized spacial score (nSPS) is 14.4. The smallest absolute Gasteiger partial charge is 0.374 e. The summed E-state index contributed by atoms with van der Waals surface area (Å²) >= 11 is 0. The highest BCUT2D eigenvalue weighted by atomic mass is 28.4. The van der Waals surface area contributed by atoms with E-state index in [2.05, 4.69) is 13.8 Å². The first-order valence-electron chi connectivity index (χ1n) is 5.53. The summed E-state index contributed by atoms with van der Waals surface area (Å²) in [7, 11) is -2.35. The van der Waals surface area contributed by atoms with Gasteiger partial charge in [-0.2, -0.15) is 0 Å².